The highest BCUT2D eigenvalue weighted by Gasteiger charge is 2.03. The largest absolute Gasteiger partial charge is 0.504 e. The van der Waals surface area contributed by atoms with Gasteiger partial charge in [-0.2, -0.15) is 0 Å². The predicted octanol–water partition coefficient (Wildman–Crippen LogP) is 1.00. The van der Waals surface area contributed by atoms with E-state index in [0.29, 0.717) is 5.75 Å². The van der Waals surface area contributed by atoms with Gasteiger partial charge in [-0.15, -0.1) is 0 Å². The Morgan fingerprint density at radius 3 is 2.80 bits per heavy atom. The summed E-state index contributed by atoms with van der Waals surface area (Å²) >= 11 is 0. The van der Waals surface area contributed by atoms with E-state index in [1.807, 2.05) is 0 Å². The lowest BCUT2D eigenvalue weighted by molar-refractivity contribution is -0.142. The molecule has 1 rings (SSSR count). The number of phenols is 1. The average molecular weight is 212 g/mol. The number of aromatic hydroxyl groups is 1. The fourth-order valence-corrected chi connectivity index (χ4v) is 1.07. The molecule has 5 nitrogen and oxygen atoms in total. The predicted molar refractivity (Wildman–Crippen MR) is 52.0 cm³/mol. The molecule has 15 heavy (non-hydrogen) atoms. The molecule has 82 valence electrons. The molecular formula is C10H12O5. The van der Waals surface area contributed by atoms with E-state index >= 15 is 0 Å². The summed E-state index contributed by atoms with van der Waals surface area (Å²) in [5, 5.41) is 17.6. The molecule has 0 spiro atoms. The molecule has 0 unspecified atom stereocenters. The fourth-order valence-electron chi connectivity index (χ4n) is 1.07. The minimum Gasteiger partial charge on any atom is -0.504 e. The number of carboxylic acid groups (broad SMARTS) is 1. The van der Waals surface area contributed by atoms with Crippen LogP contribution in [0, 0.1) is 0 Å². The molecule has 0 aliphatic heterocycles. The Balaban J connectivity index is 2.58. The molecular weight excluding hydrogens is 200 g/mol. The van der Waals surface area contributed by atoms with Crippen LogP contribution in [0.25, 0.3) is 0 Å². The summed E-state index contributed by atoms with van der Waals surface area (Å²) in [5.41, 5.74) is 0.742. The van der Waals surface area contributed by atoms with Crippen molar-refractivity contribution in [2.75, 3.05) is 13.7 Å². The molecule has 0 heterocycles. The van der Waals surface area contributed by atoms with E-state index in [1.54, 1.807) is 12.1 Å². The SMILES string of the molecule is COc1cc(COCC(=O)O)ccc1O. The molecule has 0 amide bonds. The van der Waals surface area contributed by atoms with Crippen molar-refractivity contribution in [2.24, 2.45) is 0 Å². The zero-order valence-electron chi connectivity index (χ0n) is 8.27. The van der Waals surface area contributed by atoms with E-state index in [0.717, 1.165) is 5.56 Å². The van der Waals surface area contributed by atoms with Crippen molar-refractivity contribution in [3.05, 3.63) is 23.8 Å². The third-order valence-electron chi connectivity index (χ3n) is 1.74. The van der Waals surface area contributed by atoms with Gasteiger partial charge in [0.1, 0.15) is 6.61 Å². The van der Waals surface area contributed by atoms with Crippen LogP contribution in [-0.2, 0) is 16.1 Å². The molecule has 5 heteroatoms. The maximum absolute atomic E-state index is 10.2. The zero-order chi connectivity index (χ0) is 11.3. The molecule has 2 N–H and O–H groups in total. The van der Waals surface area contributed by atoms with Crippen molar-refractivity contribution in [1.29, 1.82) is 0 Å². The van der Waals surface area contributed by atoms with Crippen LogP contribution in [0.3, 0.4) is 0 Å². The van der Waals surface area contributed by atoms with Gasteiger partial charge in [-0.1, -0.05) is 6.07 Å². The number of hydrogen-bond acceptors (Lipinski definition) is 4. The van der Waals surface area contributed by atoms with Crippen LogP contribution in [0.2, 0.25) is 0 Å². The summed E-state index contributed by atoms with van der Waals surface area (Å²) in [5.74, 6) is -0.633. The number of benzene rings is 1. The molecule has 0 aromatic heterocycles. The molecule has 0 radical (unpaired) electrons. The molecule has 0 saturated heterocycles. The van der Waals surface area contributed by atoms with Gasteiger partial charge in [-0.3, -0.25) is 0 Å². The fraction of sp³-hybridized carbons (Fsp3) is 0.300. The maximum Gasteiger partial charge on any atom is 0.329 e. The van der Waals surface area contributed by atoms with Gasteiger partial charge in [0, 0.05) is 0 Å². The van der Waals surface area contributed by atoms with Crippen molar-refractivity contribution < 1.29 is 24.5 Å². The van der Waals surface area contributed by atoms with Gasteiger partial charge in [-0.05, 0) is 17.7 Å². The molecule has 0 saturated carbocycles. The Hall–Kier alpha value is -1.75. The summed E-state index contributed by atoms with van der Waals surface area (Å²) in [6, 6.07) is 4.70. The van der Waals surface area contributed by atoms with Crippen LogP contribution in [0.1, 0.15) is 5.56 Å². The van der Waals surface area contributed by atoms with E-state index in [2.05, 4.69) is 0 Å². The highest BCUT2D eigenvalue weighted by molar-refractivity contribution is 5.68. The zero-order valence-corrected chi connectivity index (χ0v) is 8.27. The van der Waals surface area contributed by atoms with Crippen molar-refractivity contribution >= 4 is 5.97 Å². The Kier molecular flexibility index (Phi) is 3.93. The van der Waals surface area contributed by atoms with E-state index in [9.17, 15) is 9.90 Å². The summed E-state index contributed by atoms with van der Waals surface area (Å²) < 4.78 is 9.77. The molecule has 1 aromatic carbocycles. The molecule has 0 bridgehead atoms. The molecule has 1 aromatic rings. The van der Waals surface area contributed by atoms with Crippen LogP contribution in [0.4, 0.5) is 0 Å². The third-order valence-corrected chi connectivity index (χ3v) is 1.74. The first-order valence-corrected chi connectivity index (χ1v) is 4.29. The Labute approximate surface area is 86.9 Å². The summed E-state index contributed by atoms with van der Waals surface area (Å²) in [4.78, 5) is 10.2. The normalized spacial score (nSPS) is 9.93. The van der Waals surface area contributed by atoms with E-state index in [1.165, 1.54) is 13.2 Å². The van der Waals surface area contributed by atoms with Gasteiger partial charge in [0.2, 0.25) is 0 Å². The summed E-state index contributed by atoms with van der Waals surface area (Å²) in [6.45, 7) is -0.174. The van der Waals surface area contributed by atoms with Gasteiger partial charge in [0.05, 0.1) is 13.7 Å². The monoisotopic (exact) mass is 212 g/mol. The van der Waals surface area contributed by atoms with Crippen LogP contribution >= 0.6 is 0 Å². The highest BCUT2D eigenvalue weighted by atomic mass is 16.5. The summed E-state index contributed by atoms with van der Waals surface area (Å²) in [6.07, 6.45) is 0. The van der Waals surface area contributed by atoms with Gasteiger partial charge in [-0.25, -0.2) is 4.79 Å². The summed E-state index contributed by atoms with van der Waals surface area (Å²) in [7, 11) is 1.44. The second-order valence-corrected chi connectivity index (χ2v) is 2.89. The number of ether oxygens (including phenoxy) is 2. The van der Waals surface area contributed by atoms with Crippen LogP contribution in [-0.4, -0.2) is 29.9 Å². The number of carboxylic acids is 1. The van der Waals surface area contributed by atoms with Crippen LogP contribution in [0.5, 0.6) is 11.5 Å². The number of rotatable bonds is 5. The van der Waals surface area contributed by atoms with Crippen molar-refractivity contribution in [3.8, 4) is 11.5 Å². The standard InChI is InChI=1S/C10H12O5/c1-14-9-4-7(2-3-8(9)11)5-15-6-10(12)13/h2-4,11H,5-6H2,1H3,(H,12,13). The average Bonchev–Trinajstić information content (AvgIpc) is 2.20. The van der Waals surface area contributed by atoms with E-state index in [4.69, 9.17) is 14.6 Å². The smallest absolute Gasteiger partial charge is 0.329 e. The third kappa shape index (κ3) is 3.47. The molecule has 0 aliphatic rings. The van der Waals surface area contributed by atoms with Gasteiger partial charge in [0.15, 0.2) is 11.5 Å². The number of carbonyl (C=O) groups is 1. The Bertz CT molecular complexity index is 348. The molecule has 0 aliphatic carbocycles. The minimum absolute atomic E-state index is 0.0412. The first-order chi connectivity index (χ1) is 7.13. The van der Waals surface area contributed by atoms with Gasteiger partial charge >= 0.3 is 5.97 Å². The lowest BCUT2D eigenvalue weighted by Crippen LogP contribution is -2.06. The number of hydrogen-bond donors (Lipinski definition) is 2. The molecule has 0 atom stereocenters. The van der Waals surface area contributed by atoms with Gasteiger partial charge < -0.3 is 19.7 Å². The van der Waals surface area contributed by atoms with E-state index < -0.39 is 5.97 Å². The number of aliphatic carboxylic acids is 1. The highest BCUT2D eigenvalue weighted by Crippen LogP contribution is 2.26. The second kappa shape index (κ2) is 5.21. The van der Waals surface area contributed by atoms with Gasteiger partial charge in [0.25, 0.3) is 0 Å². The Morgan fingerprint density at radius 1 is 1.47 bits per heavy atom. The lowest BCUT2D eigenvalue weighted by atomic mass is 10.2. The Morgan fingerprint density at radius 2 is 2.20 bits per heavy atom. The van der Waals surface area contributed by atoms with Crippen molar-refractivity contribution in [2.45, 2.75) is 6.61 Å². The minimum atomic E-state index is -1.01. The quantitative estimate of drug-likeness (QED) is 0.761. The molecule has 0 fully saturated rings. The van der Waals surface area contributed by atoms with Crippen molar-refractivity contribution in [1.82, 2.24) is 0 Å². The van der Waals surface area contributed by atoms with Crippen molar-refractivity contribution in [3.63, 3.8) is 0 Å². The van der Waals surface area contributed by atoms with Crippen LogP contribution < -0.4 is 4.74 Å². The number of phenolic OH excluding ortho intramolecular Hbond substituents is 1. The second-order valence-electron chi connectivity index (χ2n) is 2.89. The topological polar surface area (TPSA) is 76.0 Å². The number of methoxy groups -OCH3 is 1. The first kappa shape index (κ1) is 11.3. The lowest BCUT2D eigenvalue weighted by Gasteiger charge is -2.06. The van der Waals surface area contributed by atoms with Crippen LogP contribution in [0.15, 0.2) is 18.2 Å². The first-order valence-electron chi connectivity index (χ1n) is 4.29. The van der Waals surface area contributed by atoms with E-state index in [-0.39, 0.29) is 19.0 Å². The maximum atomic E-state index is 10.2.